The number of halogens is 1. The van der Waals surface area contributed by atoms with Crippen LogP contribution in [0.1, 0.15) is 5.56 Å². The Labute approximate surface area is 111 Å². The highest BCUT2D eigenvalue weighted by molar-refractivity contribution is 6.29. The molecule has 0 radical (unpaired) electrons. The molecule has 3 rings (SSSR count). The third kappa shape index (κ3) is 2.17. The standard InChI is InChI=1S/C13H13ClN4/c14-12-8-16-9-13(17-12)18-6-5-15-7-10-3-1-2-4-11(10)18/h1-4,8-9,15H,5-7H2. The van der Waals surface area contributed by atoms with E-state index >= 15 is 0 Å². The summed E-state index contributed by atoms with van der Waals surface area (Å²) in [4.78, 5) is 10.6. The predicted octanol–water partition coefficient (Wildman–Crippen LogP) is 2.37. The summed E-state index contributed by atoms with van der Waals surface area (Å²) >= 11 is 5.92. The number of anilines is 2. The molecule has 1 aliphatic rings. The van der Waals surface area contributed by atoms with Crippen molar-refractivity contribution >= 4 is 23.1 Å². The molecule has 0 atom stereocenters. The first kappa shape index (κ1) is 11.4. The molecule has 2 aromatic rings. The molecule has 0 fully saturated rings. The van der Waals surface area contributed by atoms with Gasteiger partial charge in [0.1, 0.15) is 5.15 Å². The number of fused-ring (bicyclic) bond motifs is 1. The van der Waals surface area contributed by atoms with Gasteiger partial charge >= 0.3 is 0 Å². The molecular formula is C13H13ClN4. The number of hydrogen-bond donors (Lipinski definition) is 1. The number of nitrogens with zero attached hydrogens (tertiary/aromatic N) is 3. The molecule has 0 amide bonds. The quantitative estimate of drug-likeness (QED) is 0.855. The van der Waals surface area contributed by atoms with E-state index in [4.69, 9.17) is 11.6 Å². The molecule has 1 aromatic heterocycles. The second kappa shape index (κ2) is 4.92. The molecule has 2 heterocycles. The summed E-state index contributed by atoms with van der Waals surface area (Å²) < 4.78 is 0. The van der Waals surface area contributed by atoms with Crippen LogP contribution in [0.15, 0.2) is 36.7 Å². The molecule has 0 unspecified atom stereocenters. The van der Waals surface area contributed by atoms with Crippen LogP contribution < -0.4 is 10.2 Å². The van der Waals surface area contributed by atoms with Crippen LogP contribution in [0.2, 0.25) is 5.15 Å². The molecule has 0 bridgehead atoms. The second-order valence-electron chi connectivity index (χ2n) is 4.16. The summed E-state index contributed by atoms with van der Waals surface area (Å²) in [5.74, 6) is 0.790. The van der Waals surface area contributed by atoms with E-state index < -0.39 is 0 Å². The van der Waals surface area contributed by atoms with Crippen LogP contribution in [0.3, 0.4) is 0 Å². The zero-order valence-electron chi connectivity index (χ0n) is 9.81. The number of hydrogen-bond acceptors (Lipinski definition) is 4. The highest BCUT2D eigenvalue weighted by atomic mass is 35.5. The van der Waals surface area contributed by atoms with E-state index in [-0.39, 0.29) is 0 Å². The van der Waals surface area contributed by atoms with Gasteiger partial charge in [-0.2, -0.15) is 0 Å². The van der Waals surface area contributed by atoms with Crippen LogP contribution in [0.5, 0.6) is 0 Å². The van der Waals surface area contributed by atoms with Crippen molar-refractivity contribution in [2.75, 3.05) is 18.0 Å². The fourth-order valence-electron chi connectivity index (χ4n) is 2.16. The monoisotopic (exact) mass is 260 g/mol. The van der Waals surface area contributed by atoms with Crippen molar-refractivity contribution in [1.82, 2.24) is 15.3 Å². The number of rotatable bonds is 1. The number of nitrogens with one attached hydrogen (secondary N) is 1. The van der Waals surface area contributed by atoms with E-state index in [1.807, 2.05) is 12.1 Å². The van der Waals surface area contributed by atoms with Gasteiger partial charge in [0.15, 0.2) is 5.82 Å². The molecule has 18 heavy (non-hydrogen) atoms. The zero-order chi connectivity index (χ0) is 12.4. The maximum atomic E-state index is 5.92. The van der Waals surface area contributed by atoms with Crippen molar-refractivity contribution in [2.24, 2.45) is 0 Å². The largest absolute Gasteiger partial charge is 0.323 e. The van der Waals surface area contributed by atoms with Crippen molar-refractivity contribution in [3.63, 3.8) is 0 Å². The maximum Gasteiger partial charge on any atom is 0.153 e. The van der Waals surface area contributed by atoms with E-state index in [1.54, 1.807) is 12.4 Å². The highest BCUT2D eigenvalue weighted by Gasteiger charge is 2.17. The molecule has 4 nitrogen and oxygen atoms in total. The number of benzene rings is 1. The maximum absolute atomic E-state index is 5.92. The van der Waals surface area contributed by atoms with Crippen molar-refractivity contribution in [2.45, 2.75) is 6.54 Å². The van der Waals surface area contributed by atoms with Crippen LogP contribution in [-0.4, -0.2) is 23.1 Å². The zero-order valence-corrected chi connectivity index (χ0v) is 10.6. The first-order valence-corrected chi connectivity index (χ1v) is 6.26. The summed E-state index contributed by atoms with van der Waals surface area (Å²) in [6.45, 7) is 2.63. The van der Waals surface area contributed by atoms with Crippen molar-refractivity contribution < 1.29 is 0 Å². The fraction of sp³-hybridized carbons (Fsp3) is 0.231. The second-order valence-corrected chi connectivity index (χ2v) is 4.54. The SMILES string of the molecule is Clc1cncc(N2CCNCc3ccccc32)n1. The van der Waals surface area contributed by atoms with Crippen LogP contribution >= 0.6 is 11.6 Å². The van der Waals surface area contributed by atoms with Crippen LogP contribution in [0.4, 0.5) is 11.5 Å². The smallest absolute Gasteiger partial charge is 0.153 e. The van der Waals surface area contributed by atoms with E-state index in [0.717, 1.165) is 25.5 Å². The van der Waals surface area contributed by atoms with Gasteiger partial charge in [0.05, 0.1) is 12.4 Å². The van der Waals surface area contributed by atoms with Gasteiger partial charge in [-0.25, -0.2) is 4.98 Å². The van der Waals surface area contributed by atoms with Crippen LogP contribution in [0, 0.1) is 0 Å². The lowest BCUT2D eigenvalue weighted by molar-refractivity contribution is 0.710. The molecule has 1 aromatic carbocycles. The normalized spacial score (nSPS) is 15.1. The van der Waals surface area contributed by atoms with Gasteiger partial charge in [-0.1, -0.05) is 29.8 Å². The lowest BCUT2D eigenvalue weighted by Gasteiger charge is -2.23. The number of aromatic nitrogens is 2. The Hall–Kier alpha value is -1.65. The lowest BCUT2D eigenvalue weighted by Crippen LogP contribution is -2.25. The third-order valence-electron chi connectivity index (χ3n) is 2.98. The molecule has 0 spiro atoms. The van der Waals surface area contributed by atoms with Crippen molar-refractivity contribution in [1.29, 1.82) is 0 Å². The molecule has 0 saturated carbocycles. The topological polar surface area (TPSA) is 41.1 Å². The van der Waals surface area contributed by atoms with Crippen LogP contribution in [0.25, 0.3) is 0 Å². The van der Waals surface area contributed by atoms with Gasteiger partial charge in [-0.3, -0.25) is 4.98 Å². The molecule has 1 aliphatic heterocycles. The Morgan fingerprint density at radius 3 is 3.00 bits per heavy atom. The number of para-hydroxylation sites is 1. The van der Waals surface area contributed by atoms with Gasteiger partial charge in [0.2, 0.25) is 0 Å². The Balaban J connectivity index is 2.06. The summed E-state index contributed by atoms with van der Waals surface area (Å²) in [6, 6.07) is 8.31. The molecule has 92 valence electrons. The lowest BCUT2D eigenvalue weighted by atomic mass is 10.1. The summed E-state index contributed by atoms with van der Waals surface area (Å²) in [5, 5.41) is 3.81. The Kier molecular flexibility index (Phi) is 3.13. The van der Waals surface area contributed by atoms with Gasteiger partial charge in [-0.15, -0.1) is 0 Å². The van der Waals surface area contributed by atoms with Gasteiger partial charge in [0.25, 0.3) is 0 Å². The molecule has 0 saturated heterocycles. The third-order valence-corrected chi connectivity index (χ3v) is 3.16. The average Bonchev–Trinajstić information content (AvgIpc) is 2.61. The van der Waals surface area contributed by atoms with E-state index in [0.29, 0.717) is 5.15 Å². The van der Waals surface area contributed by atoms with Gasteiger partial charge in [-0.05, 0) is 11.6 Å². The molecule has 5 heteroatoms. The fourth-order valence-corrected chi connectivity index (χ4v) is 2.30. The predicted molar refractivity (Wildman–Crippen MR) is 72.2 cm³/mol. The van der Waals surface area contributed by atoms with Gasteiger partial charge in [0, 0.05) is 25.3 Å². The van der Waals surface area contributed by atoms with E-state index in [2.05, 4.69) is 32.3 Å². The first-order valence-electron chi connectivity index (χ1n) is 5.88. The summed E-state index contributed by atoms with van der Waals surface area (Å²) in [7, 11) is 0. The van der Waals surface area contributed by atoms with Crippen molar-refractivity contribution in [3.8, 4) is 0 Å². The molecule has 1 N–H and O–H groups in total. The Morgan fingerprint density at radius 2 is 2.11 bits per heavy atom. The Morgan fingerprint density at radius 1 is 1.22 bits per heavy atom. The van der Waals surface area contributed by atoms with E-state index in [1.165, 1.54) is 11.3 Å². The average molecular weight is 261 g/mol. The van der Waals surface area contributed by atoms with Gasteiger partial charge < -0.3 is 10.2 Å². The minimum absolute atomic E-state index is 0.419. The Bertz CT molecular complexity index is 558. The van der Waals surface area contributed by atoms with Crippen LogP contribution in [-0.2, 0) is 6.54 Å². The highest BCUT2D eigenvalue weighted by Crippen LogP contribution is 2.28. The summed E-state index contributed by atoms with van der Waals surface area (Å²) in [5.41, 5.74) is 2.43. The first-order chi connectivity index (χ1) is 8.84. The van der Waals surface area contributed by atoms with E-state index in [9.17, 15) is 0 Å². The van der Waals surface area contributed by atoms with Crippen molar-refractivity contribution in [3.05, 3.63) is 47.4 Å². The summed E-state index contributed by atoms with van der Waals surface area (Å²) in [6.07, 6.45) is 3.29. The molecular weight excluding hydrogens is 248 g/mol. The minimum Gasteiger partial charge on any atom is -0.323 e. The molecule has 0 aliphatic carbocycles. The minimum atomic E-state index is 0.419.